The Kier molecular flexibility index (Phi) is 3.27. The van der Waals surface area contributed by atoms with Crippen molar-refractivity contribution in [2.45, 2.75) is 38.3 Å². The molecule has 0 radical (unpaired) electrons. The van der Waals surface area contributed by atoms with Crippen LogP contribution in [-0.2, 0) is 6.54 Å². The van der Waals surface area contributed by atoms with Crippen molar-refractivity contribution in [3.63, 3.8) is 0 Å². The number of hydrogen-bond acceptors (Lipinski definition) is 2. The molecule has 1 aromatic rings. The summed E-state index contributed by atoms with van der Waals surface area (Å²) in [5.41, 5.74) is 7.96. The van der Waals surface area contributed by atoms with Crippen LogP contribution in [0.2, 0.25) is 0 Å². The lowest BCUT2D eigenvalue weighted by Gasteiger charge is -2.24. The number of anilines is 1. The van der Waals surface area contributed by atoms with Crippen LogP contribution in [0.1, 0.15) is 31.2 Å². The fourth-order valence-electron chi connectivity index (χ4n) is 2.45. The third-order valence-corrected chi connectivity index (χ3v) is 3.33. The molecule has 0 atom stereocenters. The quantitative estimate of drug-likeness (QED) is 0.767. The van der Waals surface area contributed by atoms with Crippen molar-refractivity contribution >= 4 is 5.69 Å². The van der Waals surface area contributed by atoms with Gasteiger partial charge in [-0.15, -0.1) is 0 Å². The van der Waals surface area contributed by atoms with E-state index < -0.39 is 0 Å². The van der Waals surface area contributed by atoms with Gasteiger partial charge in [-0.1, -0.05) is 25.0 Å². The molecule has 0 saturated heterocycles. The molecule has 0 heterocycles. The van der Waals surface area contributed by atoms with Crippen molar-refractivity contribution < 1.29 is 0 Å². The van der Waals surface area contributed by atoms with Gasteiger partial charge in [-0.05, 0) is 37.6 Å². The molecule has 2 heteroatoms. The summed E-state index contributed by atoms with van der Waals surface area (Å²) in [7, 11) is 2.22. The van der Waals surface area contributed by atoms with E-state index in [1.54, 1.807) is 0 Å². The minimum Gasteiger partial charge on any atom is -0.399 e. The Bertz CT molecular complexity index is 316. The highest BCUT2D eigenvalue weighted by Crippen LogP contribution is 2.23. The van der Waals surface area contributed by atoms with Crippen molar-refractivity contribution in [1.82, 2.24) is 4.90 Å². The Balaban J connectivity index is 1.95. The third-order valence-electron chi connectivity index (χ3n) is 3.33. The van der Waals surface area contributed by atoms with Gasteiger partial charge in [-0.3, -0.25) is 4.90 Å². The molecule has 1 aliphatic rings. The van der Waals surface area contributed by atoms with Crippen molar-refractivity contribution in [3.8, 4) is 0 Å². The number of nitrogens with two attached hydrogens (primary N) is 1. The summed E-state index contributed by atoms with van der Waals surface area (Å²) in [5.74, 6) is 0. The molecule has 1 saturated carbocycles. The van der Waals surface area contributed by atoms with Crippen LogP contribution in [0.25, 0.3) is 0 Å². The smallest absolute Gasteiger partial charge is 0.0317 e. The Morgan fingerprint density at radius 3 is 2.73 bits per heavy atom. The predicted octanol–water partition coefficient (Wildman–Crippen LogP) is 2.64. The zero-order chi connectivity index (χ0) is 10.7. The van der Waals surface area contributed by atoms with E-state index in [1.807, 2.05) is 12.1 Å². The first kappa shape index (κ1) is 10.5. The monoisotopic (exact) mass is 204 g/mol. The second-order valence-electron chi connectivity index (χ2n) is 4.60. The number of nitrogen functional groups attached to an aromatic ring is 1. The lowest BCUT2D eigenvalue weighted by Crippen LogP contribution is -2.28. The molecule has 1 fully saturated rings. The average Bonchev–Trinajstić information content (AvgIpc) is 2.70. The van der Waals surface area contributed by atoms with Gasteiger partial charge in [0.1, 0.15) is 0 Å². The van der Waals surface area contributed by atoms with Gasteiger partial charge in [-0.2, -0.15) is 0 Å². The molecule has 82 valence electrons. The Morgan fingerprint density at radius 2 is 2.07 bits per heavy atom. The van der Waals surface area contributed by atoms with Crippen LogP contribution >= 0.6 is 0 Å². The second-order valence-corrected chi connectivity index (χ2v) is 4.60. The summed E-state index contributed by atoms with van der Waals surface area (Å²) >= 11 is 0. The van der Waals surface area contributed by atoms with Crippen LogP contribution in [0, 0.1) is 0 Å². The average molecular weight is 204 g/mol. The minimum absolute atomic E-state index is 0.784. The summed E-state index contributed by atoms with van der Waals surface area (Å²) < 4.78 is 0. The molecule has 0 bridgehead atoms. The van der Waals surface area contributed by atoms with E-state index in [0.717, 1.165) is 18.3 Å². The van der Waals surface area contributed by atoms with Gasteiger partial charge >= 0.3 is 0 Å². The van der Waals surface area contributed by atoms with Gasteiger partial charge in [0.2, 0.25) is 0 Å². The molecule has 1 aliphatic carbocycles. The molecule has 1 aromatic carbocycles. The largest absolute Gasteiger partial charge is 0.399 e. The topological polar surface area (TPSA) is 29.3 Å². The highest BCUT2D eigenvalue weighted by atomic mass is 15.1. The standard InChI is InChI=1S/C13H20N2/c1-15(13-7-2-3-8-13)10-11-5-4-6-12(14)9-11/h4-6,9,13H,2-3,7-8,10,14H2,1H3. The molecule has 0 amide bonds. The van der Waals surface area contributed by atoms with Gasteiger partial charge in [-0.25, -0.2) is 0 Å². The molecule has 0 unspecified atom stereocenters. The molecule has 0 spiro atoms. The van der Waals surface area contributed by atoms with Gasteiger partial charge in [0, 0.05) is 18.3 Å². The molecule has 2 nitrogen and oxygen atoms in total. The lowest BCUT2D eigenvalue weighted by molar-refractivity contribution is 0.237. The normalized spacial score (nSPS) is 17.5. The molecule has 2 rings (SSSR count). The molecular weight excluding hydrogens is 184 g/mol. The summed E-state index contributed by atoms with van der Waals surface area (Å²) in [6, 6.07) is 8.99. The fraction of sp³-hybridized carbons (Fsp3) is 0.538. The van der Waals surface area contributed by atoms with Gasteiger partial charge in [0.05, 0.1) is 0 Å². The van der Waals surface area contributed by atoms with Crippen molar-refractivity contribution in [3.05, 3.63) is 29.8 Å². The fourth-order valence-corrected chi connectivity index (χ4v) is 2.45. The van der Waals surface area contributed by atoms with Crippen LogP contribution < -0.4 is 5.73 Å². The van der Waals surface area contributed by atoms with Gasteiger partial charge in [0.15, 0.2) is 0 Å². The number of benzene rings is 1. The summed E-state index contributed by atoms with van der Waals surface area (Å²) in [6.07, 6.45) is 5.51. The maximum Gasteiger partial charge on any atom is 0.0317 e. The van der Waals surface area contributed by atoms with E-state index in [4.69, 9.17) is 5.73 Å². The van der Waals surface area contributed by atoms with Crippen LogP contribution in [-0.4, -0.2) is 18.0 Å². The van der Waals surface area contributed by atoms with Crippen molar-refractivity contribution in [2.75, 3.05) is 12.8 Å². The van der Waals surface area contributed by atoms with Gasteiger partial charge < -0.3 is 5.73 Å². The Hall–Kier alpha value is -1.02. The van der Waals surface area contributed by atoms with Crippen LogP contribution in [0.5, 0.6) is 0 Å². The second kappa shape index (κ2) is 4.67. The number of nitrogens with zero attached hydrogens (tertiary/aromatic N) is 1. The minimum atomic E-state index is 0.784. The molecule has 0 aromatic heterocycles. The summed E-state index contributed by atoms with van der Waals surface area (Å²) in [5, 5.41) is 0. The maximum absolute atomic E-state index is 5.77. The molecule has 2 N–H and O–H groups in total. The molecule has 15 heavy (non-hydrogen) atoms. The highest BCUT2D eigenvalue weighted by Gasteiger charge is 2.19. The van der Waals surface area contributed by atoms with Crippen LogP contribution in [0.4, 0.5) is 5.69 Å². The highest BCUT2D eigenvalue weighted by molar-refractivity contribution is 5.40. The first-order valence-corrected chi connectivity index (χ1v) is 5.80. The Labute approximate surface area is 92.1 Å². The predicted molar refractivity (Wildman–Crippen MR) is 64.6 cm³/mol. The number of hydrogen-bond donors (Lipinski definition) is 1. The zero-order valence-corrected chi connectivity index (χ0v) is 9.45. The van der Waals surface area contributed by atoms with E-state index in [0.29, 0.717) is 0 Å². The van der Waals surface area contributed by atoms with E-state index in [2.05, 4.69) is 24.1 Å². The third kappa shape index (κ3) is 2.72. The van der Waals surface area contributed by atoms with Crippen LogP contribution in [0.3, 0.4) is 0 Å². The lowest BCUT2D eigenvalue weighted by atomic mass is 10.1. The zero-order valence-electron chi connectivity index (χ0n) is 9.45. The maximum atomic E-state index is 5.77. The van der Waals surface area contributed by atoms with E-state index >= 15 is 0 Å². The van der Waals surface area contributed by atoms with E-state index in [1.165, 1.54) is 31.2 Å². The van der Waals surface area contributed by atoms with E-state index in [-0.39, 0.29) is 0 Å². The van der Waals surface area contributed by atoms with Crippen molar-refractivity contribution in [2.24, 2.45) is 0 Å². The number of rotatable bonds is 3. The first-order valence-electron chi connectivity index (χ1n) is 5.80. The Morgan fingerprint density at radius 1 is 1.33 bits per heavy atom. The van der Waals surface area contributed by atoms with Crippen LogP contribution in [0.15, 0.2) is 24.3 Å². The van der Waals surface area contributed by atoms with E-state index in [9.17, 15) is 0 Å². The molecule has 0 aliphatic heterocycles. The summed E-state index contributed by atoms with van der Waals surface area (Å²) in [6.45, 7) is 1.02. The van der Waals surface area contributed by atoms with Gasteiger partial charge in [0.25, 0.3) is 0 Å². The van der Waals surface area contributed by atoms with Crippen molar-refractivity contribution in [1.29, 1.82) is 0 Å². The summed E-state index contributed by atoms with van der Waals surface area (Å²) in [4.78, 5) is 2.46. The SMILES string of the molecule is CN(Cc1cccc(N)c1)C1CCCC1. The molecular formula is C13H20N2. The first-order chi connectivity index (χ1) is 7.25.